The van der Waals surface area contributed by atoms with E-state index in [9.17, 15) is 15.3 Å². The fraction of sp³-hybridized carbons (Fsp3) is 0.684. The van der Waals surface area contributed by atoms with Crippen LogP contribution in [0.3, 0.4) is 0 Å². The summed E-state index contributed by atoms with van der Waals surface area (Å²) >= 11 is 0. The summed E-state index contributed by atoms with van der Waals surface area (Å²) in [5.41, 5.74) is 7.87. The van der Waals surface area contributed by atoms with Crippen LogP contribution in [-0.4, -0.2) is 39.2 Å². The average molecular weight is 573 g/mol. The van der Waals surface area contributed by atoms with Crippen LogP contribution in [0.5, 0.6) is 5.75 Å². The lowest BCUT2D eigenvalue weighted by Crippen LogP contribution is -2.51. The number of aliphatic hydroxyl groups excluding tert-OH is 2. The minimum Gasteiger partial charge on any atom is -0.490 e. The molecular formula is C38H52O4. The second-order valence-corrected chi connectivity index (χ2v) is 15.2. The van der Waals surface area contributed by atoms with Gasteiger partial charge >= 0.3 is 0 Å². The minimum atomic E-state index is -0.482. The van der Waals surface area contributed by atoms with Gasteiger partial charge in [-0.25, -0.2) is 0 Å². The summed E-state index contributed by atoms with van der Waals surface area (Å²) in [6.45, 7) is 6.49. The molecule has 4 nitrogen and oxygen atoms in total. The number of rotatable bonds is 5. The van der Waals surface area contributed by atoms with E-state index in [-0.39, 0.29) is 29.6 Å². The van der Waals surface area contributed by atoms with Gasteiger partial charge in [0.15, 0.2) is 0 Å². The van der Waals surface area contributed by atoms with Gasteiger partial charge < -0.3 is 20.1 Å². The van der Waals surface area contributed by atoms with Crippen molar-refractivity contribution in [2.45, 2.75) is 140 Å². The minimum absolute atomic E-state index is 0.00833. The molecule has 0 radical (unpaired) electrons. The first-order valence-electron chi connectivity index (χ1n) is 17.2. The zero-order valence-electron chi connectivity index (χ0n) is 26.1. The van der Waals surface area contributed by atoms with Crippen LogP contribution in [-0.2, 0) is 25.7 Å². The molecule has 0 saturated heterocycles. The number of fused-ring (bicyclic) bond motifs is 5. The predicted molar refractivity (Wildman–Crippen MR) is 167 cm³/mol. The maximum Gasteiger partial charge on any atom is 0.123 e. The molecule has 5 aliphatic rings. The van der Waals surface area contributed by atoms with Gasteiger partial charge in [0.2, 0.25) is 0 Å². The lowest BCUT2D eigenvalue weighted by atomic mass is 9.57. The lowest BCUT2D eigenvalue weighted by Gasteiger charge is -2.52. The van der Waals surface area contributed by atoms with Crippen LogP contribution in [0.1, 0.15) is 124 Å². The molecular weight excluding hydrogens is 520 g/mol. The largest absolute Gasteiger partial charge is 0.490 e. The molecule has 3 N–H and O–H groups in total. The van der Waals surface area contributed by atoms with Crippen molar-refractivity contribution in [1.82, 2.24) is 0 Å². The molecule has 3 fully saturated rings. The van der Waals surface area contributed by atoms with E-state index in [4.69, 9.17) is 4.74 Å². The van der Waals surface area contributed by atoms with Crippen LogP contribution in [0.4, 0.5) is 0 Å². The molecule has 2 aromatic rings. The van der Waals surface area contributed by atoms with E-state index >= 15 is 0 Å². The molecule has 8 atom stereocenters. The summed E-state index contributed by atoms with van der Waals surface area (Å²) < 4.78 is 6.93. The molecule has 4 aliphatic carbocycles. The smallest absolute Gasteiger partial charge is 0.123 e. The molecule has 1 heterocycles. The number of aryl methyl sites for hydroxylation is 2. The quantitative estimate of drug-likeness (QED) is 0.336. The van der Waals surface area contributed by atoms with Crippen LogP contribution in [0.15, 0.2) is 30.3 Å². The van der Waals surface area contributed by atoms with E-state index < -0.39 is 5.60 Å². The van der Waals surface area contributed by atoms with Gasteiger partial charge in [-0.1, -0.05) is 38.1 Å². The van der Waals surface area contributed by atoms with Gasteiger partial charge in [0.25, 0.3) is 0 Å². The van der Waals surface area contributed by atoms with Crippen molar-refractivity contribution in [3.8, 4) is 5.75 Å². The molecule has 1 aliphatic heterocycles. The Labute approximate surface area is 252 Å². The zero-order valence-corrected chi connectivity index (χ0v) is 26.1. The summed E-state index contributed by atoms with van der Waals surface area (Å²) in [6, 6.07) is 11.8. The topological polar surface area (TPSA) is 69.9 Å². The van der Waals surface area contributed by atoms with Gasteiger partial charge in [-0.2, -0.15) is 0 Å². The number of hydrogen-bond donors (Lipinski definition) is 3. The van der Waals surface area contributed by atoms with E-state index in [1.807, 2.05) is 6.92 Å². The summed E-state index contributed by atoms with van der Waals surface area (Å²) in [5, 5.41) is 32.4. The Kier molecular flexibility index (Phi) is 7.51. The highest BCUT2D eigenvalue weighted by molar-refractivity contribution is 5.54. The average Bonchev–Trinajstić information content (AvgIpc) is 3.13. The highest BCUT2D eigenvalue weighted by Crippen LogP contribution is 2.57. The van der Waals surface area contributed by atoms with Crippen LogP contribution >= 0.6 is 0 Å². The number of aliphatic hydroxyl groups is 3. The third-order valence-corrected chi connectivity index (χ3v) is 12.8. The lowest BCUT2D eigenvalue weighted by molar-refractivity contribution is -0.138. The molecule has 4 heteroatoms. The fourth-order valence-corrected chi connectivity index (χ4v) is 10.2. The third kappa shape index (κ3) is 4.75. The first-order chi connectivity index (χ1) is 20.2. The Morgan fingerprint density at radius 3 is 2.48 bits per heavy atom. The molecule has 0 bridgehead atoms. The van der Waals surface area contributed by atoms with E-state index in [1.165, 1.54) is 33.4 Å². The van der Waals surface area contributed by atoms with Crippen molar-refractivity contribution in [1.29, 1.82) is 0 Å². The van der Waals surface area contributed by atoms with Gasteiger partial charge in [0.1, 0.15) is 11.9 Å². The van der Waals surface area contributed by atoms with E-state index in [0.29, 0.717) is 24.2 Å². The van der Waals surface area contributed by atoms with Crippen molar-refractivity contribution in [2.24, 2.45) is 23.2 Å². The first-order valence-corrected chi connectivity index (χ1v) is 17.2. The maximum atomic E-state index is 11.4. The van der Waals surface area contributed by atoms with Gasteiger partial charge in [-0.15, -0.1) is 0 Å². The van der Waals surface area contributed by atoms with Gasteiger partial charge in [-0.3, -0.25) is 0 Å². The predicted octanol–water partition coefficient (Wildman–Crippen LogP) is 7.05. The van der Waals surface area contributed by atoms with Crippen LogP contribution < -0.4 is 4.74 Å². The summed E-state index contributed by atoms with van der Waals surface area (Å²) in [4.78, 5) is 0. The molecule has 0 amide bonds. The van der Waals surface area contributed by atoms with Crippen LogP contribution in [0, 0.1) is 23.2 Å². The maximum absolute atomic E-state index is 11.4. The molecule has 0 spiro atoms. The molecule has 3 saturated carbocycles. The zero-order chi connectivity index (χ0) is 29.2. The first kappa shape index (κ1) is 28.9. The standard InChI is InChI=1S/C38H52O4/c1-4-30-26(20-23(2)39)8-12-32-35(30)34(36-31-11-10-29(40)22-27(31)9-13-33(36)42-32)28-7-6-24-14-18-37(3,19-15-25(24)21-28)38(41)16-5-17-38/h6-8,12,21,23,27,29,31,33-34,36,39-41H,4-5,9-11,13-20,22H2,1-3H3. The van der Waals surface area contributed by atoms with Crippen molar-refractivity contribution in [3.63, 3.8) is 0 Å². The number of benzene rings is 2. The van der Waals surface area contributed by atoms with E-state index in [2.05, 4.69) is 44.2 Å². The highest BCUT2D eigenvalue weighted by atomic mass is 16.5. The van der Waals surface area contributed by atoms with Crippen molar-refractivity contribution in [3.05, 3.63) is 63.7 Å². The van der Waals surface area contributed by atoms with Crippen LogP contribution in [0.25, 0.3) is 0 Å². The molecule has 0 aromatic heterocycles. The second-order valence-electron chi connectivity index (χ2n) is 15.2. The normalized spacial score (nSPS) is 35.8. The Bertz CT molecular complexity index is 1310. The summed E-state index contributed by atoms with van der Waals surface area (Å²) in [5.74, 6) is 2.85. The molecule has 228 valence electrons. The van der Waals surface area contributed by atoms with Gasteiger partial charge in [0.05, 0.1) is 17.8 Å². The Hall–Kier alpha value is -1.88. The Balaban J connectivity index is 1.32. The number of hydrogen-bond acceptors (Lipinski definition) is 4. The van der Waals surface area contributed by atoms with Crippen molar-refractivity contribution in [2.75, 3.05) is 0 Å². The van der Waals surface area contributed by atoms with Crippen molar-refractivity contribution < 1.29 is 20.1 Å². The number of ether oxygens (including phenoxy) is 1. The fourth-order valence-electron chi connectivity index (χ4n) is 10.2. The van der Waals surface area contributed by atoms with E-state index in [0.717, 1.165) is 89.2 Å². The second kappa shape index (κ2) is 10.9. The van der Waals surface area contributed by atoms with Crippen molar-refractivity contribution >= 4 is 0 Å². The molecule has 42 heavy (non-hydrogen) atoms. The summed E-state index contributed by atoms with van der Waals surface area (Å²) in [7, 11) is 0. The monoisotopic (exact) mass is 572 g/mol. The third-order valence-electron chi connectivity index (χ3n) is 12.8. The SMILES string of the molecule is CCc1c(CC(C)O)ccc2c1C(c1ccc3c(c1)CCC(C)(C1(O)CCC1)CC3)C1C(CCC3CC(O)CCC31)O2. The summed E-state index contributed by atoms with van der Waals surface area (Å²) in [6.07, 6.45) is 13.7. The molecule has 7 rings (SSSR count). The highest BCUT2D eigenvalue weighted by Gasteiger charge is 2.52. The Morgan fingerprint density at radius 1 is 0.976 bits per heavy atom. The van der Waals surface area contributed by atoms with Gasteiger partial charge in [-0.05, 0) is 148 Å². The molecule has 2 aromatic carbocycles. The molecule has 8 unspecified atom stereocenters. The van der Waals surface area contributed by atoms with Crippen LogP contribution in [0.2, 0.25) is 0 Å². The van der Waals surface area contributed by atoms with Gasteiger partial charge in [0, 0.05) is 17.4 Å². The van der Waals surface area contributed by atoms with E-state index in [1.54, 1.807) is 0 Å². The Morgan fingerprint density at radius 2 is 1.76 bits per heavy atom.